The lowest BCUT2D eigenvalue weighted by Crippen LogP contribution is -2.19. The van der Waals surface area contributed by atoms with Crippen molar-refractivity contribution in [2.45, 2.75) is 25.4 Å². The number of rotatable bonds is 5. The second-order valence-electron chi connectivity index (χ2n) is 4.88. The second-order valence-corrected chi connectivity index (χ2v) is 4.88. The fourth-order valence-corrected chi connectivity index (χ4v) is 1.90. The van der Waals surface area contributed by atoms with E-state index in [0.29, 0.717) is 12.0 Å². The highest BCUT2D eigenvalue weighted by Gasteiger charge is 2.22. The summed E-state index contributed by atoms with van der Waals surface area (Å²) in [7, 11) is 1.97. The Labute approximate surface area is 111 Å². The van der Waals surface area contributed by atoms with Gasteiger partial charge in [-0.3, -0.25) is 0 Å². The summed E-state index contributed by atoms with van der Waals surface area (Å²) in [5.74, 6) is 1.89. The van der Waals surface area contributed by atoms with Gasteiger partial charge in [0.25, 0.3) is 0 Å². The van der Waals surface area contributed by atoms with Crippen molar-refractivity contribution >= 4 is 17.6 Å². The Morgan fingerprint density at radius 3 is 3.00 bits per heavy atom. The van der Waals surface area contributed by atoms with Crippen LogP contribution < -0.4 is 16.0 Å². The topological polar surface area (TPSA) is 80.2 Å². The van der Waals surface area contributed by atoms with Gasteiger partial charge in [0.05, 0.1) is 12.5 Å². The molecule has 0 atom stereocenters. The van der Waals surface area contributed by atoms with Crippen LogP contribution in [0.2, 0.25) is 0 Å². The molecule has 0 aliphatic heterocycles. The average molecular weight is 259 g/mol. The molecule has 0 bridgehead atoms. The predicted octanol–water partition coefficient (Wildman–Crippen LogP) is 1.86. The maximum absolute atomic E-state index is 5.76. The van der Waals surface area contributed by atoms with Crippen LogP contribution in [0.3, 0.4) is 0 Å². The van der Waals surface area contributed by atoms with E-state index in [0.717, 1.165) is 23.7 Å². The largest absolute Gasteiger partial charge is 0.472 e. The average Bonchev–Trinajstić information content (AvgIpc) is 3.03. The van der Waals surface area contributed by atoms with Crippen molar-refractivity contribution in [2.24, 2.45) is 0 Å². The summed E-state index contributed by atoms with van der Waals surface area (Å²) < 4.78 is 5.06. The third kappa shape index (κ3) is 2.96. The molecule has 2 aromatic rings. The van der Waals surface area contributed by atoms with E-state index in [-0.39, 0.29) is 0 Å². The maximum atomic E-state index is 5.76. The van der Waals surface area contributed by atoms with Crippen molar-refractivity contribution in [2.75, 3.05) is 23.0 Å². The molecule has 1 aliphatic rings. The SMILES string of the molecule is CN(Cc1ccoc1)c1cc(NC2CC2)nc(N)n1. The van der Waals surface area contributed by atoms with Crippen molar-refractivity contribution in [3.8, 4) is 0 Å². The molecule has 0 spiro atoms. The highest BCUT2D eigenvalue weighted by atomic mass is 16.3. The van der Waals surface area contributed by atoms with Gasteiger partial charge in [0.15, 0.2) is 0 Å². The number of hydrogen-bond donors (Lipinski definition) is 2. The first-order valence-electron chi connectivity index (χ1n) is 6.34. The minimum Gasteiger partial charge on any atom is -0.472 e. The van der Waals surface area contributed by atoms with Gasteiger partial charge in [0.2, 0.25) is 5.95 Å². The number of hydrogen-bond acceptors (Lipinski definition) is 6. The molecule has 0 unspecified atom stereocenters. The van der Waals surface area contributed by atoms with Crippen LogP contribution in [0.4, 0.5) is 17.6 Å². The molecule has 0 amide bonds. The summed E-state index contributed by atoms with van der Waals surface area (Å²) in [5.41, 5.74) is 6.85. The smallest absolute Gasteiger partial charge is 0.223 e. The Balaban J connectivity index is 1.76. The van der Waals surface area contributed by atoms with Gasteiger partial charge in [0.1, 0.15) is 11.6 Å². The molecule has 1 fully saturated rings. The van der Waals surface area contributed by atoms with Gasteiger partial charge in [-0.05, 0) is 18.9 Å². The van der Waals surface area contributed by atoms with Crippen molar-refractivity contribution in [1.82, 2.24) is 9.97 Å². The molecular weight excluding hydrogens is 242 g/mol. The summed E-state index contributed by atoms with van der Waals surface area (Å²) in [6.07, 6.45) is 5.79. The van der Waals surface area contributed by atoms with Crippen LogP contribution in [0.15, 0.2) is 29.1 Å². The van der Waals surface area contributed by atoms with Crippen molar-refractivity contribution in [3.05, 3.63) is 30.2 Å². The zero-order valence-corrected chi connectivity index (χ0v) is 10.8. The summed E-state index contributed by atoms with van der Waals surface area (Å²) in [6, 6.07) is 4.40. The molecule has 3 rings (SSSR count). The zero-order valence-electron chi connectivity index (χ0n) is 10.8. The monoisotopic (exact) mass is 259 g/mol. The molecule has 1 saturated carbocycles. The minimum atomic E-state index is 0.291. The third-order valence-electron chi connectivity index (χ3n) is 3.05. The first-order chi connectivity index (χ1) is 9.20. The summed E-state index contributed by atoms with van der Waals surface area (Å²) >= 11 is 0. The number of nitrogen functional groups attached to an aromatic ring is 1. The van der Waals surface area contributed by atoms with Crippen molar-refractivity contribution in [3.63, 3.8) is 0 Å². The lowest BCUT2D eigenvalue weighted by Gasteiger charge is -2.18. The van der Waals surface area contributed by atoms with Gasteiger partial charge in [-0.25, -0.2) is 0 Å². The van der Waals surface area contributed by atoms with E-state index in [4.69, 9.17) is 10.2 Å². The lowest BCUT2D eigenvalue weighted by atomic mass is 10.3. The number of aromatic nitrogens is 2. The molecule has 100 valence electrons. The van der Waals surface area contributed by atoms with Gasteiger partial charge >= 0.3 is 0 Å². The van der Waals surface area contributed by atoms with E-state index in [2.05, 4.69) is 15.3 Å². The van der Waals surface area contributed by atoms with Crippen molar-refractivity contribution in [1.29, 1.82) is 0 Å². The molecular formula is C13H17N5O. The predicted molar refractivity (Wildman–Crippen MR) is 73.9 cm³/mol. The van der Waals surface area contributed by atoms with Crippen LogP contribution in [-0.4, -0.2) is 23.1 Å². The minimum absolute atomic E-state index is 0.291. The van der Waals surface area contributed by atoms with Crippen LogP contribution in [0.5, 0.6) is 0 Å². The molecule has 6 nitrogen and oxygen atoms in total. The molecule has 2 aromatic heterocycles. The number of nitrogens with one attached hydrogen (secondary N) is 1. The molecule has 3 N–H and O–H groups in total. The van der Waals surface area contributed by atoms with Crippen LogP contribution >= 0.6 is 0 Å². The summed E-state index contributed by atoms with van der Waals surface area (Å²) in [4.78, 5) is 10.5. The Morgan fingerprint density at radius 2 is 2.32 bits per heavy atom. The fraction of sp³-hybridized carbons (Fsp3) is 0.385. The molecule has 2 heterocycles. The molecule has 0 radical (unpaired) electrons. The van der Waals surface area contributed by atoms with Gasteiger partial charge in [-0.15, -0.1) is 0 Å². The third-order valence-corrected chi connectivity index (χ3v) is 3.05. The highest BCUT2D eigenvalue weighted by molar-refractivity contribution is 5.53. The number of anilines is 3. The van der Waals surface area contributed by atoms with Gasteiger partial charge in [0, 0.05) is 31.3 Å². The van der Waals surface area contributed by atoms with Crippen molar-refractivity contribution < 1.29 is 4.42 Å². The van der Waals surface area contributed by atoms with Crippen LogP contribution in [0, 0.1) is 0 Å². The normalized spacial score (nSPS) is 14.4. The Kier molecular flexibility index (Phi) is 2.98. The first kappa shape index (κ1) is 11.8. The number of nitrogens with two attached hydrogens (primary N) is 1. The van der Waals surface area contributed by atoms with Gasteiger partial charge in [-0.2, -0.15) is 9.97 Å². The van der Waals surface area contributed by atoms with Crippen LogP contribution in [-0.2, 0) is 6.54 Å². The van der Waals surface area contributed by atoms with E-state index in [9.17, 15) is 0 Å². The quantitative estimate of drug-likeness (QED) is 0.853. The van der Waals surface area contributed by atoms with Crippen LogP contribution in [0.1, 0.15) is 18.4 Å². The standard InChI is InChI=1S/C13H17N5O/c1-18(7-9-4-5-19-8-9)12-6-11(15-10-2-3-10)16-13(14)17-12/h4-6,8,10H,2-3,7H2,1H3,(H3,14,15,16,17). The maximum Gasteiger partial charge on any atom is 0.223 e. The number of furan rings is 1. The summed E-state index contributed by atoms with van der Waals surface area (Å²) in [6.45, 7) is 0.718. The molecule has 0 aromatic carbocycles. The fourth-order valence-electron chi connectivity index (χ4n) is 1.90. The van der Waals surface area contributed by atoms with Gasteiger partial charge in [-0.1, -0.05) is 0 Å². The molecule has 19 heavy (non-hydrogen) atoms. The zero-order chi connectivity index (χ0) is 13.2. The van der Waals surface area contributed by atoms with E-state index in [1.165, 1.54) is 12.8 Å². The van der Waals surface area contributed by atoms with Gasteiger partial charge < -0.3 is 20.4 Å². The number of nitrogens with zero attached hydrogens (tertiary/aromatic N) is 3. The van der Waals surface area contributed by atoms with E-state index in [1.54, 1.807) is 12.5 Å². The van der Waals surface area contributed by atoms with E-state index >= 15 is 0 Å². The Bertz CT molecular complexity index is 550. The molecule has 6 heteroatoms. The van der Waals surface area contributed by atoms with E-state index in [1.807, 2.05) is 24.1 Å². The Morgan fingerprint density at radius 1 is 1.47 bits per heavy atom. The molecule has 1 aliphatic carbocycles. The van der Waals surface area contributed by atoms with Crippen LogP contribution in [0.25, 0.3) is 0 Å². The summed E-state index contributed by atoms with van der Waals surface area (Å²) in [5, 5.41) is 3.33. The second kappa shape index (κ2) is 4.79. The Hall–Kier alpha value is -2.24. The molecule has 0 saturated heterocycles. The highest BCUT2D eigenvalue weighted by Crippen LogP contribution is 2.25. The first-order valence-corrected chi connectivity index (χ1v) is 6.34. The van der Waals surface area contributed by atoms with E-state index < -0.39 is 0 Å². The lowest BCUT2D eigenvalue weighted by molar-refractivity contribution is 0.563.